The van der Waals surface area contributed by atoms with E-state index in [-0.39, 0.29) is 6.61 Å². The summed E-state index contributed by atoms with van der Waals surface area (Å²) in [5.41, 5.74) is 0.414. The number of ether oxygens (including phenoxy) is 4. The lowest BCUT2D eigenvalue weighted by Gasteiger charge is -2.16. The lowest BCUT2D eigenvalue weighted by atomic mass is 10.1. The maximum atomic E-state index is 12.4. The fourth-order valence-electron chi connectivity index (χ4n) is 2.83. The van der Waals surface area contributed by atoms with E-state index in [1.54, 1.807) is 24.3 Å². The van der Waals surface area contributed by atoms with Gasteiger partial charge in [-0.1, -0.05) is 30.3 Å². The van der Waals surface area contributed by atoms with Gasteiger partial charge in [-0.15, -0.1) is 0 Å². The lowest BCUT2D eigenvalue weighted by Crippen LogP contribution is -2.31. The summed E-state index contributed by atoms with van der Waals surface area (Å²) in [5.74, 6) is 0.412. The minimum atomic E-state index is -1.02. The topological polar surface area (TPSA) is 83.1 Å². The van der Waals surface area contributed by atoms with Gasteiger partial charge in [-0.05, 0) is 42.0 Å². The van der Waals surface area contributed by atoms with Crippen LogP contribution in [0.5, 0.6) is 17.2 Å². The molecule has 3 aromatic rings. The number of amides is 1. The van der Waals surface area contributed by atoms with Gasteiger partial charge in [0.15, 0.2) is 12.7 Å². The highest BCUT2D eigenvalue weighted by Gasteiger charge is 2.20. The molecule has 0 aliphatic rings. The van der Waals surface area contributed by atoms with E-state index in [1.165, 1.54) is 21.1 Å². The number of anilines is 1. The molecule has 0 aliphatic carbocycles. The molecule has 3 aromatic carbocycles. The maximum Gasteiger partial charge on any atom is 0.344 e. The quantitative estimate of drug-likeness (QED) is 0.570. The number of carbonyl (C=O) groups is 2. The Kier molecular flexibility index (Phi) is 6.75. The van der Waals surface area contributed by atoms with Crippen LogP contribution >= 0.6 is 0 Å². The molecule has 7 nitrogen and oxygen atoms in total. The standard InChI is InChI=1S/C23H23NO6/c1-15(23(26)24-20-13-18(27-2)10-11-21(20)28-3)30-22(25)14-29-19-9-8-16-6-4-5-7-17(16)12-19/h4-13,15H,14H2,1-3H3,(H,24,26). The van der Waals surface area contributed by atoms with Gasteiger partial charge < -0.3 is 24.3 Å². The van der Waals surface area contributed by atoms with E-state index in [1.807, 2.05) is 36.4 Å². The van der Waals surface area contributed by atoms with Gasteiger partial charge in [0.25, 0.3) is 5.91 Å². The third-order valence-corrected chi connectivity index (χ3v) is 4.42. The van der Waals surface area contributed by atoms with Crippen LogP contribution in [-0.4, -0.2) is 38.8 Å². The van der Waals surface area contributed by atoms with Crippen molar-refractivity contribution in [3.8, 4) is 17.2 Å². The molecule has 0 fully saturated rings. The summed E-state index contributed by atoms with van der Waals surface area (Å²) in [4.78, 5) is 24.5. The highest BCUT2D eigenvalue weighted by molar-refractivity contribution is 5.96. The van der Waals surface area contributed by atoms with E-state index in [4.69, 9.17) is 18.9 Å². The first-order valence-corrected chi connectivity index (χ1v) is 9.34. The van der Waals surface area contributed by atoms with Gasteiger partial charge in [0.2, 0.25) is 0 Å². The van der Waals surface area contributed by atoms with E-state index in [0.717, 1.165) is 10.8 Å². The van der Waals surface area contributed by atoms with Crippen molar-refractivity contribution in [2.75, 3.05) is 26.1 Å². The van der Waals surface area contributed by atoms with E-state index >= 15 is 0 Å². The Bertz CT molecular complexity index is 1050. The van der Waals surface area contributed by atoms with Gasteiger partial charge in [-0.25, -0.2) is 4.79 Å². The SMILES string of the molecule is COc1ccc(OC)c(NC(=O)C(C)OC(=O)COc2ccc3ccccc3c2)c1. The first-order chi connectivity index (χ1) is 14.5. The Balaban J connectivity index is 1.55. The third kappa shape index (κ3) is 5.20. The van der Waals surface area contributed by atoms with Gasteiger partial charge in [0, 0.05) is 6.07 Å². The summed E-state index contributed by atoms with van der Waals surface area (Å²) >= 11 is 0. The van der Waals surface area contributed by atoms with Crippen molar-refractivity contribution in [2.24, 2.45) is 0 Å². The van der Waals surface area contributed by atoms with Crippen LogP contribution in [0.3, 0.4) is 0 Å². The van der Waals surface area contributed by atoms with Crippen LogP contribution in [-0.2, 0) is 14.3 Å². The zero-order valence-corrected chi connectivity index (χ0v) is 17.0. The summed E-state index contributed by atoms with van der Waals surface area (Å²) < 4.78 is 21.1. The van der Waals surface area contributed by atoms with Gasteiger partial charge in [0.05, 0.1) is 19.9 Å². The molecule has 0 saturated carbocycles. The van der Waals surface area contributed by atoms with Crippen molar-refractivity contribution in [1.29, 1.82) is 0 Å². The molecule has 0 aliphatic heterocycles. The summed E-state index contributed by atoms with van der Waals surface area (Å²) in [6.07, 6.45) is -1.02. The number of benzene rings is 3. The lowest BCUT2D eigenvalue weighted by molar-refractivity contribution is -0.155. The Labute approximate surface area is 174 Å². The number of nitrogens with one attached hydrogen (secondary N) is 1. The van der Waals surface area contributed by atoms with E-state index in [9.17, 15) is 9.59 Å². The highest BCUT2D eigenvalue weighted by Crippen LogP contribution is 2.29. The van der Waals surface area contributed by atoms with Crippen LogP contribution in [0.1, 0.15) is 6.92 Å². The van der Waals surface area contributed by atoms with Crippen LogP contribution < -0.4 is 19.5 Å². The molecule has 0 aromatic heterocycles. The zero-order valence-electron chi connectivity index (χ0n) is 17.0. The third-order valence-electron chi connectivity index (χ3n) is 4.42. The number of hydrogen-bond donors (Lipinski definition) is 1. The molecule has 156 valence electrons. The number of methoxy groups -OCH3 is 2. The average Bonchev–Trinajstić information content (AvgIpc) is 2.77. The van der Waals surface area contributed by atoms with Gasteiger partial charge in [-0.2, -0.15) is 0 Å². The van der Waals surface area contributed by atoms with E-state index < -0.39 is 18.0 Å². The number of fused-ring (bicyclic) bond motifs is 1. The normalized spacial score (nSPS) is 11.4. The Morgan fingerprint density at radius 2 is 1.63 bits per heavy atom. The predicted molar refractivity (Wildman–Crippen MR) is 113 cm³/mol. The number of hydrogen-bond acceptors (Lipinski definition) is 6. The molecule has 0 heterocycles. The average molecular weight is 409 g/mol. The van der Waals surface area contributed by atoms with Crippen LogP contribution in [0.15, 0.2) is 60.7 Å². The van der Waals surface area contributed by atoms with Crippen molar-refractivity contribution in [3.63, 3.8) is 0 Å². The summed E-state index contributed by atoms with van der Waals surface area (Å²) in [6.45, 7) is 1.17. The summed E-state index contributed by atoms with van der Waals surface area (Å²) in [7, 11) is 3.01. The maximum absolute atomic E-state index is 12.4. The molecular weight excluding hydrogens is 386 g/mol. The molecule has 0 radical (unpaired) electrons. The largest absolute Gasteiger partial charge is 0.497 e. The minimum Gasteiger partial charge on any atom is -0.497 e. The van der Waals surface area contributed by atoms with Crippen molar-refractivity contribution in [2.45, 2.75) is 13.0 Å². The van der Waals surface area contributed by atoms with Gasteiger partial charge in [-0.3, -0.25) is 4.79 Å². The molecule has 3 rings (SSSR count). The van der Waals surface area contributed by atoms with Crippen molar-refractivity contribution < 1.29 is 28.5 Å². The molecule has 1 atom stereocenters. The molecular formula is C23H23NO6. The second kappa shape index (κ2) is 9.65. The Morgan fingerprint density at radius 1 is 0.900 bits per heavy atom. The number of carbonyl (C=O) groups excluding carboxylic acids is 2. The minimum absolute atomic E-state index is 0.307. The number of rotatable bonds is 8. The van der Waals surface area contributed by atoms with Crippen molar-refractivity contribution in [3.05, 3.63) is 60.7 Å². The molecule has 0 saturated heterocycles. The fraction of sp³-hybridized carbons (Fsp3) is 0.217. The summed E-state index contributed by atoms with van der Waals surface area (Å²) in [5, 5.41) is 4.75. The smallest absolute Gasteiger partial charge is 0.344 e. The van der Waals surface area contributed by atoms with E-state index in [2.05, 4.69) is 5.32 Å². The second-order valence-corrected chi connectivity index (χ2v) is 6.49. The monoisotopic (exact) mass is 409 g/mol. The summed E-state index contributed by atoms with van der Waals surface area (Å²) in [6, 6.07) is 18.4. The van der Waals surface area contributed by atoms with Gasteiger partial charge >= 0.3 is 5.97 Å². The molecule has 30 heavy (non-hydrogen) atoms. The Hall–Kier alpha value is -3.74. The molecule has 1 amide bonds. The molecule has 0 bridgehead atoms. The van der Waals surface area contributed by atoms with Crippen LogP contribution in [0.25, 0.3) is 10.8 Å². The van der Waals surface area contributed by atoms with Crippen molar-refractivity contribution >= 4 is 28.3 Å². The van der Waals surface area contributed by atoms with Crippen LogP contribution in [0, 0.1) is 0 Å². The van der Waals surface area contributed by atoms with Crippen molar-refractivity contribution in [1.82, 2.24) is 0 Å². The molecule has 7 heteroatoms. The predicted octanol–water partition coefficient (Wildman–Crippen LogP) is 3.81. The first kappa shape index (κ1) is 21.0. The molecule has 1 unspecified atom stereocenters. The van der Waals surface area contributed by atoms with E-state index in [0.29, 0.717) is 22.9 Å². The first-order valence-electron chi connectivity index (χ1n) is 9.34. The number of esters is 1. The highest BCUT2D eigenvalue weighted by atomic mass is 16.6. The van der Waals surface area contributed by atoms with Gasteiger partial charge in [0.1, 0.15) is 17.2 Å². The van der Waals surface area contributed by atoms with Crippen LogP contribution in [0.4, 0.5) is 5.69 Å². The fourth-order valence-corrected chi connectivity index (χ4v) is 2.83. The Morgan fingerprint density at radius 3 is 2.37 bits per heavy atom. The molecule has 1 N–H and O–H groups in total. The van der Waals surface area contributed by atoms with Crippen LogP contribution in [0.2, 0.25) is 0 Å². The molecule has 0 spiro atoms. The second-order valence-electron chi connectivity index (χ2n) is 6.49. The zero-order chi connectivity index (χ0) is 21.5.